The quantitative estimate of drug-likeness (QED) is 0.803. The molecule has 114 valence electrons. The molecule has 0 bridgehead atoms. The molecule has 4 nitrogen and oxygen atoms in total. The van der Waals surface area contributed by atoms with E-state index in [2.05, 4.69) is 0 Å². The highest BCUT2D eigenvalue weighted by Gasteiger charge is 2.58. The van der Waals surface area contributed by atoms with Gasteiger partial charge in [-0.15, -0.1) is 0 Å². The van der Waals surface area contributed by atoms with Gasteiger partial charge in [-0.05, 0) is 30.5 Å². The zero-order valence-corrected chi connectivity index (χ0v) is 12.3. The van der Waals surface area contributed by atoms with Gasteiger partial charge in [-0.2, -0.15) is 0 Å². The maximum atomic E-state index is 13.9. The van der Waals surface area contributed by atoms with Crippen LogP contribution in [0.3, 0.4) is 0 Å². The lowest BCUT2D eigenvalue weighted by Gasteiger charge is -2.32. The first-order valence-electron chi connectivity index (χ1n) is 7.24. The number of rotatable bonds is 3. The van der Waals surface area contributed by atoms with Crippen molar-refractivity contribution >= 4 is 5.97 Å². The summed E-state index contributed by atoms with van der Waals surface area (Å²) in [5.74, 6) is 0.486. The number of carbonyl (C=O) groups is 1. The van der Waals surface area contributed by atoms with E-state index < -0.39 is 11.7 Å². The van der Waals surface area contributed by atoms with E-state index in [4.69, 9.17) is 9.47 Å². The van der Waals surface area contributed by atoms with Gasteiger partial charge in [-0.3, -0.25) is 9.69 Å². The molecular formula is C16H20FNO3. The van der Waals surface area contributed by atoms with E-state index in [1.165, 1.54) is 7.11 Å². The molecular weight excluding hydrogens is 273 g/mol. The molecule has 2 aliphatic rings. The van der Waals surface area contributed by atoms with Gasteiger partial charge in [0.2, 0.25) is 0 Å². The normalized spacial score (nSPS) is 32.0. The van der Waals surface area contributed by atoms with Crippen LogP contribution in [0.2, 0.25) is 0 Å². The molecule has 0 N–H and O–H groups in total. The van der Waals surface area contributed by atoms with Crippen molar-refractivity contribution in [1.29, 1.82) is 0 Å². The zero-order chi connectivity index (χ0) is 15.0. The minimum absolute atomic E-state index is 0.0655. The average molecular weight is 293 g/mol. The highest BCUT2D eigenvalue weighted by Crippen LogP contribution is 2.50. The van der Waals surface area contributed by atoms with Crippen molar-refractivity contribution < 1.29 is 18.7 Å². The largest absolute Gasteiger partial charge is 0.497 e. The molecule has 2 aliphatic heterocycles. The van der Waals surface area contributed by atoms with E-state index >= 15 is 0 Å². The van der Waals surface area contributed by atoms with Crippen LogP contribution in [0, 0.1) is 0 Å². The van der Waals surface area contributed by atoms with Crippen molar-refractivity contribution in [3.63, 3.8) is 0 Å². The standard InChI is InChI=1S/C16H20FNO3/c1-20-13-5-3-11(4-6-13)14-7-8-16(15(19)21-2)9-12(17)10-18(14)16/h3-6,12,14H,7-10H2,1-2H3. The van der Waals surface area contributed by atoms with Gasteiger partial charge in [0, 0.05) is 19.0 Å². The topological polar surface area (TPSA) is 38.8 Å². The Bertz CT molecular complexity index is 533. The minimum Gasteiger partial charge on any atom is -0.497 e. The molecule has 2 heterocycles. The van der Waals surface area contributed by atoms with Gasteiger partial charge in [0.05, 0.1) is 14.2 Å². The van der Waals surface area contributed by atoms with Gasteiger partial charge in [0.25, 0.3) is 0 Å². The van der Waals surface area contributed by atoms with Crippen molar-refractivity contribution in [3.05, 3.63) is 29.8 Å². The number of benzene rings is 1. The van der Waals surface area contributed by atoms with Crippen LogP contribution in [0.5, 0.6) is 5.75 Å². The van der Waals surface area contributed by atoms with E-state index in [0.717, 1.165) is 17.7 Å². The van der Waals surface area contributed by atoms with Crippen LogP contribution in [-0.4, -0.2) is 43.3 Å². The first-order valence-corrected chi connectivity index (χ1v) is 7.24. The summed E-state index contributed by atoms with van der Waals surface area (Å²) in [7, 11) is 3.00. The summed E-state index contributed by atoms with van der Waals surface area (Å²) in [4.78, 5) is 14.2. The second-order valence-corrected chi connectivity index (χ2v) is 5.80. The van der Waals surface area contributed by atoms with Crippen LogP contribution in [0.25, 0.3) is 0 Å². The Morgan fingerprint density at radius 3 is 2.67 bits per heavy atom. The molecule has 2 saturated heterocycles. The van der Waals surface area contributed by atoms with Crippen LogP contribution in [0.4, 0.5) is 4.39 Å². The molecule has 3 rings (SSSR count). The van der Waals surface area contributed by atoms with Crippen LogP contribution >= 0.6 is 0 Å². The number of halogens is 1. The summed E-state index contributed by atoms with van der Waals surface area (Å²) in [5, 5.41) is 0. The summed E-state index contributed by atoms with van der Waals surface area (Å²) in [6, 6.07) is 7.84. The predicted octanol–water partition coefficient (Wildman–Crippen LogP) is 2.49. The second kappa shape index (κ2) is 5.30. The molecule has 1 aromatic rings. The third-order valence-electron chi connectivity index (χ3n) is 4.78. The number of ether oxygens (including phenoxy) is 2. The molecule has 0 spiro atoms. The number of esters is 1. The molecule has 3 atom stereocenters. The number of hydrogen-bond acceptors (Lipinski definition) is 4. The van der Waals surface area contributed by atoms with Crippen molar-refractivity contribution in [2.24, 2.45) is 0 Å². The summed E-state index contributed by atoms with van der Waals surface area (Å²) >= 11 is 0. The van der Waals surface area contributed by atoms with E-state index in [1.54, 1.807) is 7.11 Å². The first kappa shape index (κ1) is 14.3. The Kier molecular flexibility index (Phi) is 3.61. The maximum Gasteiger partial charge on any atom is 0.326 e. The number of alkyl halides is 1. The van der Waals surface area contributed by atoms with Crippen molar-refractivity contribution in [2.45, 2.75) is 37.0 Å². The molecule has 1 aromatic carbocycles. The van der Waals surface area contributed by atoms with Gasteiger partial charge in [0.15, 0.2) is 0 Å². The highest BCUT2D eigenvalue weighted by molar-refractivity contribution is 5.82. The number of nitrogens with zero attached hydrogens (tertiary/aromatic N) is 1. The van der Waals surface area contributed by atoms with Crippen LogP contribution in [0.15, 0.2) is 24.3 Å². The van der Waals surface area contributed by atoms with Crippen LogP contribution in [0.1, 0.15) is 30.9 Å². The Hall–Kier alpha value is -1.62. The van der Waals surface area contributed by atoms with Gasteiger partial charge >= 0.3 is 5.97 Å². The van der Waals surface area contributed by atoms with E-state index in [-0.39, 0.29) is 18.4 Å². The fourth-order valence-electron chi connectivity index (χ4n) is 3.80. The van der Waals surface area contributed by atoms with Crippen molar-refractivity contribution in [3.8, 4) is 5.75 Å². The van der Waals surface area contributed by atoms with Crippen molar-refractivity contribution in [1.82, 2.24) is 4.90 Å². The predicted molar refractivity (Wildman–Crippen MR) is 75.9 cm³/mol. The third-order valence-corrected chi connectivity index (χ3v) is 4.78. The Balaban J connectivity index is 1.90. The monoisotopic (exact) mass is 293 g/mol. The summed E-state index contributed by atoms with van der Waals surface area (Å²) in [6.45, 7) is 0.297. The lowest BCUT2D eigenvalue weighted by atomic mass is 9.93. The van der Waals surface area contributed by atoms with Gasteiger partial charge in [-0.1, -0.05) is 12.1 Å². The van der Waals surface area contributed by atoms with E-state index in [1.807, 2.05) is 29.2 Å². The molecule has 21 heavy (non-hydrogen) atoms. The van der Waals surface area contributed by atoms with Gasteiger partial charge < -0.3 is 9.47 Å². The SMILES string of the molecule is COC(=O)C12CCC(c3ccc(OC)cc3)N1CC(F)C2. The number of carbonyl (C=O) groups excluding carboxylic acids is 1. The molecule has 0 amide bonds. The first-order chi connectivity index (χ1) is 10.1. The fraction of sp³-hybridized carbons (Fsp3) is 0.562. The Labute approximate surface area is 123 Å². The molecule has 0 saturated carbocycles. The average Bonchev–Trinajstić information content (AvgIpc) is 3.01. The Morgan fingerprint density at radius 2 is 2.05 bits per heavy atom. The smallest absolute Gasteiger partial charge is 0.326 e. The van der Waals surface area contributed by atoms with E-state index in [9.17, 15) is 9.18 Å². The highest BCUT2D eigenvalue weighted by atomic mass is 19.1. The number of methoxy groups -OCH3 is 2. The molecule has 0 aromatic heterocycles. The maximum absolute atomic E-state index is 13.9. The van der Waals surface area contributed by atoms with Crippen molar-refractivity contribution in [2.75, 3.05) is 20.8 Å². The van der Waals surface area contributed by atoms with Gasteiger partial charge in [-0.25, -0.2) is 4.39 Å². The third kappa shape index (κ3) is 2.20. The number of hydrogen-bond donors (Lipinski definition) is 0. The number of fused-ring (bicyclic) bond motifs is 1. The zero-order valence-electron chi connectivity index (χ0n) is 12.3. The molecule has 2 fully saturated rings. The molecule has 5 heteroatoms. The second-order valence-electron chi connectivity index (χ2n) is 5.80. The summed E-state index contributed by atoms with van der Waals surface area (Å²) in [5.41, 5.74) is 0.314. The molecule has 0 radical (unpaired) electrons. The van der Waals surface area contributed by atoms with Gasteiger partial charge in [0.1, 0.15) is 17.5 Å². The van der Waals surface area contributed by atoms with Crippen LogP contribution < -0.4 is 4.74 Å². The minimum atomic E-state index is -0.967. The molecule has 0 aliphatic carbocycles. The fourth-order valence-corrected chi connectivity index (χ4v) is 3.80. The lowest BCUT2D eigenvalue weighted by Crippen LogP contribution is -2.47. The lowest BCUT2D eigenvalue weighted by molar-refractivity contribution is -0.152. The summed E-state index contributed by atoms with van der Waals surface area (Å²) < 4.78 is 24.0. The summed E-state index contributed by atoms with van der Waals surface area (Å²) in [6.07, 6.45) is 0.766. The Morgan fingerprint density at radius 1 is 1.33 bits per heavy atom. The van der Waals surface area contributed by atoms with Crippen LogP contribution in [-0.2, 0) is 9.53 Å². The van der Waals surface area contributed by atoms with E-state index in [0.29, 0.717) is 13.0 Å². The molecule has 3 unspecified atom stereocenters.